The minimum Gasteiger partial charge on any atom is -0.340 e. The number of benzene rings is 1. The van der Waals surface area contributed by atoms with E-state index >= 15 is 0 Å². The SMILES string of the molecule is Cc1ccccc1Cn1cc(C(=O)N(C)CCc2cn[nH]c2)nn1. The van der Waals surface area contributed by atoms with Crippen molar-refractivity contribution in [3.8, 4) is 0 Å². The highest BCUT2D eigenvalue weighted by atomic mass is 16.2. The standard InChI is InChI=1S/C17H20N6O/c1-13-5-3-4-6-15(13)11-23-12-16(20-21-23)17(24)22(2)8-7-14-9-18-19-10-14/h3-6,9-10,12H,7-8,11H2,1-2H3,(H,18,19). The average molecular weight is 324 g/mol. The van der Waals surface area contributed by atoms with Gasteiger partial charge in [-0.15, -0.1) is 5.10 Å². The number of H-pyrrole nitrogens is 1. The number of aromatic amines is 1. The smallest absolute Gasteiger partial charge is 0.275 e. The van der Waals surface area contributed by atoms with Crippen molar-refractivity contribution in [1.29, 1.82) is 0 Å². The minimum absolute atomic E-state index is 0.130. The lowest BCUT2D eigenvalue weighted by molar-refractivity contribution is 0.0790. The zero-order chi connectivity index (χ0) is 16.9. The average Bonchev–Trinajstić information content (AvgIpc) is 3.26. The fourth-order valence-corrected chi connectivity index (χ4v) is 2.44. The summed E-state index contributed by atoms with van der Waals surface area (Å²) in [5, 5.41) is 14.7. The molecule has 7 nitrogen and oxygen atoms in total. The first-order valence-electron chi connectivity index (χ1n) is 7.81. The molecule has 0 saturated heterocycles. The summed E-state index contributed by atoms with van der Waals surface area (Å²) >= 11 is 0. The van der Waals surface area contributed by atoms with E-state index in [9.17, 15) is 4.79 Å². The van der Waals surface area contributed by atoms with Crippen LogP contribution >= 0.6 is 0 Å². The number of rotatable bonds is 6. The third-order valence-corrected chi connectivity index (χ3v) is 3.99. The fraction of sp³-hybridized carbons (Fsp3) is 0.294. The van der Waals surface area contributed by atoms with Crippen LogP contribution in [0.1, 0.15) is 27.2 Å². The number of aromatic nitrogens is 5. The summed E-state index contributed by atoms with van der Waals surface area (Å²) in [5.41, 5.74) is 3.78. The quantitative estimate of drug-likeness (QED) is 0.748. The number of carbonyl (C=O) groups excluding carboxylic acids is 1. The van der Waals surface area contributed by atoms with Crippen molar-refractivity contribution in [2.45, 2.75) is 19.9 Å². The van der Waals surface area contributed by atoms with Gasteiger partial charge in [0.1, 0.15) is 0 Å². The van der Waals surface area contributed by atoms with Gasteiger partial charge < -0.3 is 4.90 Å². The third kappa shape index (κ3) is 3.68. The second kappa shape index (κ2) is 7.08. The Bertz CT molecular complexity index is 808. The van der Waals surface area contributed by atoms with Gasteiger partial charge in [-0.25, -0.2) is 4.68 Å². The number of carbonyl (C=O) groups is 1. The Hall–Kier alpha value is -2.96. The number of nitrogens with one attached hydrogen (secondary N) is 1. The molecule has 3 rings (SSSR count). The highest BCUT2D eigenvalue weighted by Gasteiger charge is 2.16. The molecule has 1 N–H and O–H groups in total. The van der Waals surface area contributed by atoms with Crippen molar-refractivity contribution in [2.24, 2.45) is 0 Å². The fourth-order valence-electron chi connectivity index (χ4n) is 2.44. The zero-order valence-electron chi connectivity index (χ0n) is 13.8. The van der Waals surface area contributed by atoms with E-state index in [-0.39, 0.29) is 5.91 Å². The Morgan fingerprint density at radius 3 is 2.92 bits per heavy atom. The van der Waals surface area contributed by atoms with Gasteiger partial charge in [-0.05, 0) is 30.0 Å². The van der Waals surface area contributed by atoms with Crippen LogP contribution < -0.4 is 0 Å². The number of hydrogen-bond donors (Lipinski definition) is 1. The van der Waals surface area contributed by atoms with Crippen LogP contribution in [0.3, 0.4) is 0 Å². The van der Waals surface area contributed by atoms with Gasteiger partial charge in [-0.1, -0.05) is 29.5 Å². The van der Waals surface area contributed by atoms with Gasteiger partial charge in [0, 0.05) is 19.8 Å². The first kappa shape index (κ1) is 15.9. The molecule has 0 atom stereocenters. The summed E-state index contributed by atoms with van der Waals surface area (Å²) in [5.74, 6) is -0.130. The van der Waals surface area contributed by atoms with Gasteiger partial charge in [0.15, 0.2) is 5.69 Å². The second-order valence-electron chi connectivity index (χ2n) is 5.81. The van der Waals surface area contributed by atoms with Gasteiger partial charge in [-0.2, -0.15) is 5.10 Å². The Balaban J connectivity index is 1.61. The Morgan fingerprint density at radius 1 is 1.33 bits per heavy atom. The molecule has 7 heteroatoms. The lowest BCUT2D eigenvalue weighted by atomic mass is 10.1. The van der Waals surface area contributed by atoms with E-state index in [1.54, 1.807) is 29.0 Å². The van der Waals surface area contributed by atoms with Crippen LogP contribution in [0.15, 0.2) is 42.9 Å². The first-order chi connectivity index (χ1) is 11.6. The molecule has 0 fully saturated rings. The summed E-state index contributed by atoms with van der Waals surface area (Å²) in [6.07, 6.45) is 6.03. The third-order valence-electron chi connectivity index (χ3n) is 3.99. The van der Waals surface area contributed by atoms with E-state index < -0.39 is 0 Å². The monoisotopic (exact) mass is 324 g/mol. The molecule has 2 aromatic heterocycles. The van der Waals surface area contributed by atoms with Crippen molar-refractivity contribution in [3.63, 3.8) is 0 Å². The Labute approximate surface area is 140 Å². The van der Waals surface area contributed by atoms with Crippen molar-refractivity contribution in [2.75, 3.05) is 13.6 Å². The lowest BCUT2D eigenvalue weighted by Gasteiger charge is -2.14. The summed E-state index contributed by atoms with van der Waals surface area (Å²) in [6.45, 7) is 3.26. The van der Waals surface area contributed by atoms with Gasteiger partial charge in [0.05, 0.1) is 18.9 Å². The van der Waals surface area contributed by atoms with Crippen LogP contribution in [0.2, 0.25) is 0 Å². The van der Waals surface area contributed by atoms with Gasteiger partial charge in [0.2, 0.25) is 0 Å². The maximum Gasteiger partial charge on any atom is 0.275 e. The zero-order valence-corrected chi connectivity index (χ0v) is 13.8. The molecule has 0 spiro atoms. The minimum atomic E-state index is -0.130. The molecule has 24 heavy (non-hydrogen) atoms. The van der Waals surface area contributed by atoms with Crippen molar-refractivity contribution in [1.82, 2.24) is 30.1 Å². The van der Waals surface area contributed by atoms with Crippen LogP contribution in [0.25, 0.3) is 0 Å². The molecule has 124 valence electrons. The number of amides is 1. The molecule has 2 heterocycles. The molecule has 0 radical (unpaired) electrons. The van der Waals surface area contributed by atoms with E-state index in [4.69, 9.17) is 0 Å². The van der Waals surface area contributed by atoms with Crippen molar-refractivity contribution < 1.29 is 4.79 Å². The summed E-state index contributed by atoms with van der Waals surface area (Å²) in [4.78, 5) is 14.1. The highest BCUT2D eigenvalue weighted by Crippen LogP contribution is 2.09. The molecule has 3 aromatic rings. The normalized spacial score (nSPS) is 10.8. The maximum atomic E-state index is 12.4. The van der Waals surface area contributed by atoms with Crippen LogP contribution in [-0.2, 0) is 13.0 Å². The maximum absolute atomic E-state index is 12.4. The molecule has 0 unspecified atom stereocenters. The molecule has 0 aliphatic rings. The second-order valence-corrected chi connectivity index (χ2v) is 5.81. The number of nitrogens with zero attached hydrogens (tertiary/aromatic N) is 5. The molecule has 0 saturated carbocycles. The predicted molar refractivity (Wildman–Crippen MR) is 89.6 cm³/mol. The van der Waals surface area contributed by atoms with Gasteiger partial charge >= 0.3 is 0 Å². The summed E-state index contributed by atoms with van der Waals surface area (Å²) in [6, 6.07) is 8.11. The van der Waals surface area contributed by atoms with E-state index in [1.165, 1.54) is 5.56 Å². The molecule has 1 aromatic carbocycles. The summed E-state index contributed by atoms with van der Waals surface area (Å²) < 4.78 is 1.69. The van der Waals surface area contributed by atoms with Crippen molar-refractivity contribution >= 4 is 5.91 Å². The first-order valence-corrected chi connectivity index (χ1v) is 7.81. The lowest BCUT2D eigenvalue weighted by Crippen LogP contribution is -2.29. The van der Waals surface area contributed by atoms with E-state index in [0.717, 1.165) is 17.5 Å². The number of likely N-dealkylation sites (N-methyl/N-ethyl adjacent to an activating group) is 1. The van der Waals surface area contributed by atoms with Crippen LogP contribution in [-0.4, -0.2) is 49.6 Å². The molecular weight excluding hydrogens is 304 g/mol. The topological polar surface area (TPSA) is 79.7 Å². The van der Waals surface area contributed by atoms with E-state index in [0.29, 0.717) is 18.8 Å². The number of hydrogen-bond acceptors (Lipinski definition) is 4. The van der Waals surface area contributed by atoms with Crippen LogP contribution in [0.4, 0.5) is 0 Å². The summed E-state index contributed by atoms with van der Waals surface area (Å²) in [7, 11) is 1.77. The van der Waals surface area contributed by atoms with Crippen LogP contribution in [0, 0.1) is 6.92 Å². The van der Waals surface area contributed by atoms with Gasteiger partial charge in [-0.3, -0.25) is 9.89 Å². The van der Waals surface area contributed by atoms with E-state index in [2.05, 4.69) is 39.6 Å². The molecule has 0 bridgehead atoms. The van der Waals surface area contributed by atoms with Gasteiger partial charge in [0.25, 0.3) is 5.91 Å². The number of aryl methyl sites for hydroxylation is 1. The van der Waals surface area contributed by atoms with E-state index in [1.807, 2.05) is 18.3 Å². The molecule has 0 aliphatic carbocycles. The highest BCUT2D eigenvalue weighted by molar-refractivity contribution is 5.91. The van der Waals surface area contributed by atoms with Crippen molar-refractivity contribution in [3.05, 3.63) is 65.2 Å². The molecule has 0 aliphatic heterocycles. The largest absolute Gasteiger partial charge is 0.340 e. The van der Waals surface area contributed by atoms with Crippen LogP contribution in [0.5, 0.6) is 0 Å². The predicted octanol–water partition coefficient (Wildman–Crippen LogP) is 1.67. The molecule has 1 amide bonds. The molecular formula is C17H20N6O. The Kier molecular flexibility index (Phi) is 4.69. The Morgan fingerprint density at radius 2 is 2.17 bits per heavy atom.